The Morgan fingerprint density at radius 2 is 1.74 bits per heavy atom. The van der Waals surface area contributed by atoms with Crippen molar-refractivity contribution in [2.75, 3.05) is 5.32 Å². The zero-order valence-corrected chi connectivity index (χ0v) is 14.7. The normalized spacial score (nSPS) is 10.3. The lowest BCUT2D eigenvalue weighted by Gasteiger charge is -2.09. The lowest BCUT2D eigenvalue weighted by molar-refractivity contribution is 0.0945. The van der Waals surface area contributed by atoms with Crippen molar-refractivity contribution in [2.45, 2.75) is 13.5 Å². The molecule has 0 aliphatic rings. The third kappa shape index (κ3) is 4.55. The van der Waals surface area contributed by atoms with Crippen LogP contribution in [0.1, 0.15) is 32.0 Å². The Bertz CT molecular complexity index is 988. The van der Waals surface area contributed by atoms with Crippen LogP contribution < -0.4 is 10.6 Å². The van der Waals surface area contributed by atoms with E-state index in [4.69, 9.17) is 0 Å². The third-order valence-electron chi connectivity index (χ3n) is 4.05. The van der Waals surface area contributed by atoms with E-state index in [1.165, 1.54) is 24.4 Å². The van der Waals surface area contributed by atoms with Crippen LogP contribution in [0.4, 0.5) is 10.1 Å². The van der Waals surface area contributed by atoms with Gasteiger partial charge in [-0.05, 0) is 36.8 Å². The second-order valence-electron chi connectivity index (χ2n) is 5.97. The second-order valence-corrected chi connectivity index (χ2v) is 5.97. The van der Waals surface area contributed by atoms with E-state index in [1.807, 2.05) is 25.1 Å². The van der Waals surface area contributed by atoms with Crippen molar-refractivity contribution in [2.24, 2.45) is 0 Å². The first kappa shape index (κ1) is 18.3. The smallest absolute Gasteiger partial charge is 0.270 e. The number of benzene rings is 2. The van der Waals surface area contributed by atoms with Gasteiger partial charge in [0.1, 0.15) is 11.5 Å². The number of aromatic nitrogens is 1. The number of aryl methyl sites for hydroxylation is 1. The van der Waals surface area contributed by atoms with Crippen LogP contribution in [0, 0.1) is 12.7 Å². The minimum atomic E-state index is -0.483. The minimum Gasteiger partial charge on any atom is -0.347 e. The van der Waals surface area contributed by atoms with Crippen molar-refractivity contribution >= 4 is 17.5 Å². The van der Waals surface area contributed by atoms with Gasteiger partial charge in [0.05, 0.1) is 0 Å². The number of nitrogens with one attached hydrogen (secondary N) is 2. The first-order valence-electron chi connectivity index (χ1n) is 8.39. The Kier molecular flexibility index (Phi) is 5.56. The number of amides is 2. The number of carbonyl (C=O) groups excluding carboxylic acids is 2. The Balaban J connectivity index is 1.69. The molecule has 6 heteroatoms. The van der Waals surface area contributed by atoms with Gasteiger partial charge in [0, 0.05) is 29.6 Å². The molecule has 0 saturated carbocycles. The molecule has 1 heterocycles. The molecular formula is C21H18FN3O2. The van der Waals surface area contributed by atoms with Gasteiger partial charge in [-0.3, -0.25) is 14.6 Å². The lowest BCUT2D eigenvalue weighted by atomic mass is 10.1. The number of hydrogen-bond acceptors (Lipinski definition) is 3. The average Bonchev–Trinajstić information content (AvgIpc) is 2.69. The topological polar surface area (TPSA) is 71.1 Å². The van der Waals surface area contributed by atoms with Crippen molar-refractivity contribution in [3.8, 4) is 0 Å². The number of anilines is 1. The van der Waals surface area contributed by atoms with E-state index in [0.717, 1.165) is 5.56 Å². The Labute approximate surface area is 156 Å². The van der Waals surface area contributed by atoms with Crippen LogP contribution in [-0.4, -0.2) is 16.8 Å². The maximum absolute atomic E-state index is 13.6. The fourth-order valence-corrected chi connectivity index (χ4v) is 2.51. The molecule has 0 saturated heterocycles. The highest BCUT2D eigenvalue weighted by Gasteiger charge is 2.13. The summed E-state index contributed by atoms with van der Waals surface area (Å²) < 4.78 is 13.6. The van der Waals surface area contributed by atoms with Gasteiger partial charge in [0.2, 0.25) is 0 Å². The second kappa shape index (κ2) is 8.23. The molecule has 0 radical (unpaired) electrons. The molecule has 27 heavy (non-hydrogen) atoms. The Morgan fingerprint density at radius 1 is 1.00 bits per heavy atom. The molecule has 0 aliphatic heterocycles. The molecule has 0 atom stereocenters. The summed E-state index contributed by atoms with van der Waals surface area (Å²) in [4.78, 5) is 28.7. The molecule has 2 aromatic carbocycles. The summed E-state index contributed by atoms with van der Waals surface area (Å²) in [5.41, 5.74) is 2.40. The van der Waals surface area contributed by atoms with Crippen molar-refractivity contribution in [1.29, 1.82) is 0 Å². The Hall–Kier alpha value is -3.54. The van der Waals surface area contributed by atoms with Gasteiger partial charge < -0.3 is 10.6 Å². The highest BCUT2D eigenvalue weighted by molar-refractivity contribution is 6.06. The van der Waals surface area contributed by atoms with Crippen LogP contribution in [0.15, 0.2) is 66.9 Å². The van der Waals surface area contributed by atoms with E-state index >= 15 is 0 Å². The summed E-state index contributed by atoms with van der Waals surface area (Å²) in [5, 5.41) is 5.42. The van der Waals surface area contributed by atoms with Gasteiger partial charge in [-0.2, -0.15) is 0 Å². The predicted octanol–water partition coefficient (Wildman–Crippen LogP) is 3.71. The third-order valence-corrected chi connectivity index (χ3v) is 4.05. The number of halogens is 1. The minimum absolute atomic E-state index is 0.0345. The molecule has 3 rings (SSSR count). The van der Waals surface area contributed by atoms with E-state index < -0.39 is 11.7 Å². The molecule has 0 unspecified atom stereocenters. The lowest BCUT2D eigenvalue weighted by Crippen LogP contribution is -2.25. The summed E-state index contributed by atoms with van der Waals surface area (Å²) in [7, 11) is 0. The zero-order chi connectivity index (χ0) is 19.2. The number of hydrogen-bond donors (Lipinski definition) is 2. The Morgan fingerprint density at radius 3 is 2.52 bits per heavy atom. The fourth-order valence-electron chi connectivity index (χ4n) is 2.51. The summed E-state index contributed by atoms with van der Waals surface area (Å²) in [6, 6.07) is 16.5. The van der Waals surface area contributed by atoms with Gasteiger partial charge in [-0.25, -0.2) is 4.39 Å². The summed E-state index contributed by atoms with van der Waals surface area (Å²) >= 11 is 0. The van der Waals surface area contributed by atoms with Gasteiger partial charge >= 0.3 is 0 Å². The molecule has 2 N–H and O–H groups in total. The molecular weight excluding hydrogens is 345 g/mol. The van der Waals surface area contributed by atoms with Crippen LogP contribution in [0.5, 0.6) is 0 Å². The van der Waals surface area contributed by atoms with Gasteiger partial charge in [-0.15, -0.1) is 0 Å². The quantitative estimate of drug-likeness (QED) is 0.726. The average molecular weight is 363 g/mol. The molecule has 2 amide bonds. The van der Waals surface area contributed by atoms with Crippen molar-refractivity contribution in [1.82, 2.24) is 10.3 Å². The van der Waals surface area contributed by atoms with Gasteiger partial charge in [0.15, 0.2) is 0 Å². The largest absolute Gasteiger partial charge is 0.347 e. The first-order chi connectivity index (χ1) is 13.0. The molecule has 0 aliphatic carbocycles. The molecule has 0 bridgehead atoms. The van der Waals surface area contributed by atoms with Crippen molar-refractivity contribution in [3.05, 3.63) is 95.1 Å². The zero-order valence-electron chi connectivity index (χ0n) is 14.7. The van der Waals surface area contributed by atoms with E-state index in [2.05, 4.69) is 15.6 Å². The molecule has 3 aromatic rings. The summed E-state index contributed by atoms with van der Waals surface area (Å²) in [6.45, 7) is 1.93. The molecule has 136 valence electrons. The SMILES string of the molecule is Cc1ccccc1NC(=O)c1ccnc(C(=O)NCc2ccccc2F)c1. The summed E-state index contributed by atoms with van der Waals surface area (Å²) in [6.07, 6.45) is 1.39. The van der Waals surface area contributed by atoms with Gasteiger partial charge in [0.25, 0.3) is 11.8 Å². The van der Waals surface area contributed by atoms with Crippen LogP contribution in [0.25, 0.3) is 0 Å². The van der Waals surface area contributed by atoms with E-state index in [-0.39, 0.29) is 18.1 Å². The molecule has 5 nitrogen and oxygen atoms in total. The van der Waals surface area contributed by atoms with Crippen LogP contribution >= 0.6 is 0 Å². The number of nitrogens with zero attached hydrogens (tertiary/aromatic N) is 1. The van der Waals surface area contributed by atoms with E-state index in [1.54, 1.807) is 24.3 Å². The first-order valence-corrected chi connectivity index (χ1v) is 8.39. The highest BCUT2D eigenvalue weighted by atomic mass is 19.1. The predicted molar refractivity (Wildman–Crippen MR) is 101 cm³/mol. The van der Waals surface area contributed by atoms with Crippen molar-refractivity contribution in [3.63, 3.8) is 0 Å². The number of carbonyl (C=O) groups is 2. The van der Waals surface area contributed by atoms with Crippen LogP contribution in [-0.2, 0) is 6.54 Å². The van der Waals surface area contributed by atoms with Crippen molar-refractivity contribution < 1.29 is 14.0 Å². The fraction of sp³-hybridized carbons (Fsp3) is 0.0952. The molecule has 1 aromatic heterocycles. The molecule has 0 spiro atoms. The van der Waals surface area contributed by atoms with Gasteiger partial charge in [-0.1, -0.05) is 36.4 Å². The highest BCUT2D eigenvalue weighted by Crippen LogP contribution is 2.15. The number of para-hydroxylation sites is 1. The van der Waals surface area contributed by atoms with Crippen LogP contribution in [0.2, 0.25) is 0 Å². The van der Waals surface area contributed by atoms with E-state index in [0.29, 0.717) is 16.8 Å². The summed E-state index contributed by atoms with van der Waals surface area (Å²) in [5.74, 6) is -1.21. The van der Waals surface area contributed by atoms with Crippen LogP contribution in [0.3, 0.4) is 0 Å². The maximum Gasteiger partial charge on any atom is 0.270 e. The number of pyridine rings is 1. The standard InChI is InChI=1S/C21H18FN3O2/c1-14-6-2-5-9-18(14)25-20(26)15-10-11-23-19(12-15)21(27)24-13-16-7-3-4-8-17(16)22/h2-12H,13H2,1H3,(H,24,27)(H,25,26). The maximum atomic E-state index is 13.6. The molecule has 0 fully saturated rings. The number of rotatable bonds is 5. The monoisotopic (exact) mass is 363 g/mol. The van der Waals surface area contributed by atoms with E-state index in [9.17, 15) is 14.0 Å².